The van der Waals surface area contributed by atoms with Gasteiger partial charge >= 0.3 is 0 Å². The molecule has 3 nitrogen and oxygen atoms in total. The Balaban J connectivity index is 2.57. The lowest BCUT2D eigenvalue weighted by Gasteiger charge is -2.31. The van der Waals surface area contributed by atoms with Crippen molar-refractivity contribution in [2.24, 2.45) is 0 Å². The van der Waals surface area contributed by atoms with E-state index in [1.807, 2.05) is 10.6 Å². The van der Waals surface area contributed by atoms with Crippen molar-refractivity contribution in [2.45, 2.75) is 45.7 Å². The minimum atomic E-state index is 0.0868. The summed E-state index contributed by atoms with van der Waals surface area (Å²) in [5.41, 5.74) is 3.28. The average molecular weight is 269 g/mol. The summed E-state index contributed by atoms with van der Waals surface area (Å²) in [6.45, 7) is 9.32. The van der Waals surface area contributed by atoms with Gasteiger partial charge in [0, 0.05) is 36.8 Å². The second kappa shape index (κ2) is 5.45. The van der Waals surface area contributed by atoms with E-state index in [4.69, 9.17) is 11.6 Å². The molecule has 0 aliphatic carbocycles. The first-order valence-corrected chi connectivity index (χ1v) is 7.16. The third kappa shape index (κ3) is 2.34. The van der Waals surface area contributed by atoms with Crippen molar-refractivity contribution in [2.75, 3.05) is 13.1 Å². The van der Waals surface area contributed by atoms with Gasteiger partial charge in [0.15, 0.2) is 0 Å². The Labute approximate surface area is 113 Å². The zero-order valence-electron chi connectivity index (χ0n) is 11.4. The maximum atomic E-state index is 12.3. The van der Waals surface area contributed by atoms with Gasteiger partial charge < -0.3 is 4.57 Å². The van der Waals surface area contributed by atoms with Gasteiger partial charge in [-0.05, 0) is 32.0 Å². The SMILES string of the molecule is CCN1CCc2c(cc(CCl)c(=O)n2C(C)C)C1. The molecule has 100 valence electrons. The van der Waals surface area contributed by atoms with Gasteiger partial charge in [-0.25, -0.2) is 0 Å². The first-order chi connectivity index (χ1) is 8.58. The Morgan fingerprint density at radius 2 is 2.17 bits per heavy atom. The van der Waals surface area contributed by atoms with Crippen LogP contribution in [0.2, 0.25) is 0 Å². The predicted octanol–water partition coefficient (Wildman–Crippen LogP) is 2.55. The van der Waals surface area contributed by atoms with Gasteiger partial charge in [0.1, 0.15) is 0 Å². The van der Waals surface area contributed by atoms with E-state index in [1.165, 1.54) is 11.3 Å². The van der Waals surface area contributed by atoms with Crippen molar-refractivity contribution >= 4 is 11.6 Å². The Morgan fingerprint density at radius 1 is 1.44 bits per heavy atom. The molecule has 1 aliphatic heterocycles. The van der Waals surface area contributed by atoms with Crippen LogP contribution >= 0.6 is 11.6 Å². The molecule has 0 N–H and O–H groups in total. The fourth-order valence-corrected chi connectivity index (χ4v) is 2.89. The maximum Gasteiger partial charge on any atom is 0.255 e. The molecule has 0 amide bonds. The molecule has 0 saturated heterocycles. The molecule has 0 aromatic carbocycles. The second-order valence-corrected chi connectivity index (χ2v) is 5.43. The van der Waals surface area contributed by atoms with Crippen molar-refractivity contribution in [1.82, 2.24) is 9.47 Å². The molecular weight excluding hydrogens is 248 g/mol. The standard InChI is InChI=1S/C14H21ClN2O/c1-4-16-6-5-13-12(9-16)7-11(8-15)14(18)17(13)10(2)3/h7,10H,4-6,8-9H2,1-3H3. The molecule has 0 spiro atoms. The van der Waals surface area contributed by atoms with E-state index in [9.17, 15) is 4.79 Å². The molecule has 2 heterocycles. The highest BCUT2D eigenvalue weighted by molar-refractivity contribution is 6.17. The zero-order valence-corrected chi connectivity index (χ0v) is 12.1. The summed E-state index contributed by atoms with van der Waals surface area (Å²) in [5.74, 6) is 0.297. The largest absolute Gasteiger partial charge is 0.310 e. The molecule has 1 aromatic heterocycles. The number of hydrogen-bond acceptors (Lipinski definition) is 2. The number of halogens is 1. The lowest BCUT2D eigenvalue weighted by Crippen LogP contribution is -2.37. The van der Waals surface area contributed by atoms with Crippen LogP contribution in [0.15, 0.2) is 10.9 Å². The van der Waals surface area contributed by atoms with Crippen LogP contribution in [0.25, 0.3) is 0 Å². The van der Waals surface area contributed by atoms with E-state index < -0.39 is 0 Å². The highest BCUT2D eigenvalue weighted by Gasteiger charge is 2.21. The van der Waals surface area contributed by atoms with Crippen LogP contribution in [0.1, 0.15) is 43.6 Å². The number of nitrogens with zero attached hydrogens (tertiary/aromatic N) is 2. The summed E-state index contributed by atoms with van der Waals surface area (Å²) in [7, 11) is 0. The van der Waals surface area contributed by atoms with Gasteiger partial charge in [0.25, 0.3) is 5.56 Å². The highest BCUT2D eigenvalue weighted by Crippen LogP contribution is 2.21. The molecule has 0 fully saturated rings. The Hall–Kier alpha value is -0.800. The van der Waals surface area contributed by atoms with Gasteiger partial charge in [-0.2, -0.15) is 0 Å². The van der Waals surface area contributed by atoms with Crippen LogP contribution in [0.3, 0.4) is 0 Å². The van der Waals surface area contributed by atoms with Crippen molar-refractivity contribution in [3.8, 4) is 0 Å². The summed E-state index contributed by atoms with van der Waals surface area (Å²) >= 11 is 5.89. The zero-order chi connectivity index (χ0) is 13.3. The number of pyridine rings is 1. The first kappa shape index (κ1) is 13.6. The summed E-state index contributed by atoms with van der Waals surface area (Å²) in [6.07, 6.45) is 0.957. The average Bonchev–Trinajstić information content (AvgIpc) is 2.36. The van der Waals surface area contributed by atoms with E-state index >= 15 is 0 Å². The quantitative estimate of drug-likeness (QED) is 0.788. The summed E-state index contributed by atoms with van der Waals surface area (Å²) in [6, 6.07) is 2.20. The van der Waals surface area contributed by atoms with Crippen LogP contribution in [0, 0.1) is 0 Å². The molecule has 2 rings (SSSR count). The van der Waals surface area contributed by atoms with Crippen molar-refractivity contribution in [1.29, 1.82) is 0 Å². The topological polar surface area (TPSA) is 25.2 Å². The van der Waals surface area contributed by atoms with Gasteiger partial charge in [0.2, 0.25) is 0 Å². The van der Waals surface area contributed by atoms with Gasteiger partial charge in [-0.3, -0.25) is 9.69 Å². The molecule has 0 atom stereocenters. The number of rotatable bonds is 3. The van der Waals surface area contributed by atoms with Gasteiger partial charge in [0.05, 0.1) is 5.88 Å². The Bertz CT molecular complexity index is 493. The summed E-state index contributed by atoms with van der Waals surface area (Å²) in [5, 5.41) is 0. The maximum absolute atomic E-state index is 12.3. The number of fused-ring (bicyclic) bond motifs is 1. The van der Waals surface area contributed by atoms with Crippen LogP contribution < -0.4 is 5.56 Å². The van der Waals surface area contributed by atoms with E-state index in [2.05, 4.69) is 25.7 Å². The predicted molar refractivity (Wildman–Crippen MR) is 75.3 cm³/mol. The van der Waals surface area contributed by atoms with E-state index in [0.717, 1.165) is 31.6 Å². The van der Waals surface area contributed by atoms with Crippen molar-refractivity contribution in [3.63, 3.8) is 0 Å². The van der Waals surface area contributed by atoms with Crippen LogP contribution in [0.5, 0.6) is 0 Å². The number of aromatic nitrogens is 1. The van der Waals surface area contributed by atoms with E-state index in [-0.39, 0.29) is 11.6 Å². The summed E-state index contributed by atoms with van der Waals surface area (Å²) in [4.78, 5) is 14.7. The lowest BCUT2D eigenvalue weighted by atomic mass is 10.0. The molecular formula is C14H21ClN2O. The smallest absolute Gasteiger partial charge is 0.255 e. The molecule has 0 saturated carbocycles. The molecule has 1 aliphatic rings. The lowest BCUT2D eigenvalue weighted by molar-refractivity contribution is 0.260. The molecule has 4 heteroatoms. The van der Waals surface area contributed by atoms with E-state index in [1.54, 1.807) is 0 Å². The molecule has 0 bridgehead atoms. The van der Waals surface area contributed by atoms with E-state index in [0.29, 0.717) is 5.88 Å². The fourth-order valence-electron chi connectivity index (χ4n) is 2.70. The minimum Gasteiger partial charge on any atom is -0.310 e. The van der Waals surface area contributed by atoms with Crippen molar-refractivity contribution in [3.05, 3.63) is 33.2 Å². The molecule has 0 unspecified atom stereocenters. The normalized spacial score (nSPS) is 16.1. The Kier molecular flexibility index (Phi) is 4.13. The monoisotopic (exact) mass is 268 g/mol. The van der Waals surface area contributed by atoms with Gasteiger partial charge in [-0.15, -0.1) is 11.6 Å². The number of likely N-dealkylation sites (N-methyl/N-ethyl adjacent to an activating group) is 1. The van der Waals surface area contributed by atoms with Crippen LogP contribution in [-0.2, 0) is 18.8 Å². The van der Waals surface area contributed by atoms with Crippen LogP contribution in [0.4, 0.5) is 0 Å². The first-order valence-electron chi connectivity index (χ1n) is 6.63. The second-order valence-electron chi connectivity index (χ2n) is 5.16. The fraction of sp³-hybridized carbons (Fsp3) is 0.643. The third-order valence-electron chi connectivity index (χ3n) is 3.67. The summed E-state index contributed by atoms with van der Waals surface area (Å²) < 4.78 is 1.93. The number of alkyl halides is 1. The number of hydrogen-bond donors (Lipinski definition) is 0. The van der Waals surface area contributed by atoms with Crippen molar-refractivity contribution < 1.29 is 0 Å². The van der Waals surface area contributed by atoms with Crippen LogP contribution in [-0.4, -0.2) is 22.6 Å². The molecule has 1 aromatic rings. The Morgan fingerprint density at radius 3 is 2.72 bits per heavy atom. The van der Waals surface area contributed by atoms with Gasteiger partial charge in [-0.1, -0.05) is 6.92 Å². The molecule has 0 radical (unpaired) electrons. The highest BCUT2D eigenvalue weighted by atomic mass is 35.5. The molecule has 18 heavy (non-hydrogen) atoms. The third-order valence-corrected chi connectivity index (χ3v) is 3.96. The minimum absolute atomic E-state index is 0.0868.